The summed E-state index contributed by atoms with van der Waals surface area (Å²) in [4.78, 5) is 0. The van der Waals surface area contributed by atoms with E-state index in [4.69, 9.17) is 5.10 Å². The zero-order valence-corrected chi connectivity index (χ0v) is 11.5. The molecule has 20 heavy (non-hydrogen) atoms. The molecule has 0 saturated carbocycles. The van der Waals surface area contributed by atoms with E-state index in [1.807, 2.05) is 6.07 Å². The second kappa shape index (κ2) is 4.37. The summed E-state index contributed by atoms with van der Waals surface area (Å²) in [6, 6.07) is 17.1. The molecule has 1 atom stereocenters. The third-order valence-electron chi connectivity index (χ3n) is 4.10. The molecular weight excluding hydrogens is 246 g/mol. The number of hydrogen-bond acceptors (Lipinski definition) is 2. The van der Waals surface area contributed by atoms with Crippen molar-refractivity contribution < 1.29 is 0 Å². The molecule has 0 spiro atoms. The fourth-order valence-corrected chi connectivity index (χ4v) is 2.95. The van der Waals surface area contributed by atoms with Crippen molar-refractivity contribution in [3.63, 3.8) is 0 Å². The number of hydrogen-bond donors (Lipinski definition) is 1. The summed E-state index contributed by atoms with van der Waals surface area (Å²) >= 11 is 0. The quantitative estimate of drug-likeness (QED) is 0.727. The van der Waals surface area contributed by atoms with Crippen molar-refractivity contribution >= 4 is 16.7 Å². The Kier molecular flexibility index (Phi) is 2.52. The van der Waals surface area contributed by atoms with E-state index in [9.17, 15) is 0 Å². The minimum Gasteiger partial charge on any atom is -0.369 e. The Bertz CT molecular complexity index is 756. The van der Waals surface area contributed by atoms with Crippen LogP contribution >= 0.6 is 0 Å². The van der Waals surface area contributed by atoms with Crippen LogP contribution in [0.25, 0.3) is 10.9 Å². The van der Waals surface area contributed by atoms with Gasteiger partial charge in [0.2, 0.25) is 0 Å². The Labute approximate surface area is 118 Å². The van der Waals surface area contributed by atoms with Gasteiger partial charge in [-0.05, 0) is 24.6 Å². The van der Waals surface area contributed by atoms with Crippen molar-refractivity contribution in [1.82, 2.24) is 9.78 Å². The predicted octanol–water partition coefficient (Wildman–Crippen LogP) is 3.55. The molecule has 2 aromatic carbocycles. The van der Waals surface area contributed by atoms with Gasteiger partial charge in [0.25, 0.3) is 0 Å². The number of aromatic nitrogens is 2. The van der Waals surface area contributed by atoms with E-state index < -0.39 is 0 Å². The predicted molar refractivity (Wildman–Crippen MR) is 82.1 cm³/mol. The van der Waals surface area contributed by atoms with Crippen molar-refractivity contribution in [3.05, 3.63) is 59.7 Å². The largest absolute Gasteiger partial charge is 0.369 e. The van der Waals surface area contributed by atoms with Gasteiger partial charge in [-0.2, -0.15) is 5.10 Å². The van der Waals surface area contributed by atoms with Gasteiger partial charge < -0.3 is 5.32 Å². The van der Waals surface area contributed by atoms with Crippen LogP contribution in [0.4, 0.5) is 5.82 Å². The van der Waals surface area contributed by atoms with E-state index in [2.05, 4.69) is 59.4 Å². The monoisotopic (exact) mass is 263 g/mol. The molecule has 3 nitrogen and oxygen atoms in total. The van der Waals surface area contributed by atoms with Crippen molar-refractivity contribution in [2.75, 3.05) is 11.9 Å². The van der Waals surface area contributed by atoms with Crippen molar-refractivity contribution in [2.24, 2.45) is 0 Å². The molecule has 4 rings (SSSR count). The molecule has 1 aromatic heterocycles. The molecule has 3 heteroatoms. The molecule has 1 unspecified atom stereocenters. The number of nitrogens with zero attached hydrogens (tertiary/aromatic N) is 2. The summed E-state index contributed by atoms with van der Waals surface area (Å²) in [6.07, 6.45) is 0. The highest BCUT2D eigenvalue weighted by atomic mass is 15.3. The van der Waals surface area contributed by atoms with Crippen LogP contribution in [0.15, 0.2) is 48.5 Å². The van der Waals surface area contributed by atoms with Crippen LogP contribution in [0.2, 0.25) is 0 Å². The van der Waals surface area contributed by atoms with Gasteiger partial charge in [0.15, 0.2) is 0 Å². The summed E-state index contributed by atoms with van der Waals surface area (Å²) in [5.41, 5.74) is 3.76. The third kappa shape index (κ3) is 1.78. The Balaban J connectivity index is 1.71. The Morgan fingerprint density at radius 2 is 1.90 bits per heavy atom. The number of benzene rings is 2. The molecule has 3 aromatic rings. The van der Waals surface area contributed by atoms with Crippen LogP contribution in [-0.4, -0.2) is 16.3 Å². The fourth-order valence-electron chi connectivity index (χ4n) is 2.95. The van der Waals surface area contributed by atoms with E-state index >= 15 is 0 Å². The van der Waals surface area contributed by atoms with Crippen molar-refractivity contribution in [2.45, 2.75) is 19.4 Å². The summed E-state index contributed by atoms with van der Waals surface area (Å²) in [5, 5.41) is 9.47. The van der Waals surface area contributed by atoms with Crippen LogP contribution < -0.4 is 5.32 Å². The van der Waals surface area contributed by atoms with Gasteiger partial charge >= 0.3 is 0 Å². The molecular formula is C17H17N3. The topological polar surface area (TPSA) is 29.9 Å². The van der Waals surface area contributed by atoms with Gasteiger partial charge in [0, 0.05) is 17.8 Å². The molecule has 0 bridgehead atoms. The SMILES string of the molecule is Cc1ccc(C2CNc3c4ccccc4nn3C2)cc1. The normalized spacial score (nSPS) is 17.8. The first-order chi connectivity index (χ1) is 9.81. The molecule has 0 aliphatic carbocycles. The maximum Gasteiger partial charge on any atom is 0.132 e. The first-order valence-corrected chi connectivity index (χ1v) is 7.07. The van der Waals surface area contributed by atoms with Crippen molar-refractivity contribution in [3.8, 4) is 0 Å². The number of anilines is 1. The van der Waals surface area contributed by atoms with Crippen LogP contribution in [0.1, 0.15) is 17.0 Å². The highest BCUT2D eigenvalue weighted by molar-refractivity contribution is 5.90. The minimum atomic E-state index is 0.484. The molecule has 1 aliphatic heterocycles. The summed E-state index contributed by atoms with van der Waals surface area (Å²) < 4.78 is 2.11. The summed E-state index contributed by atoms with van der Waals surface area (Å²) in [7, 11) is 0. The van der Waals surface area contributed by atoms with Gasteiger partial charge in [0.05, 0.1) is 12.1 Å². The number of aryl methyl sites for hydroxylation is 1. The average Bonchev–Trinajstić information content (AvgIpc) is 2.85. The van der Waals surface area contributed by atoms with Gasteiger partial charge in [-0.15, -0.1) is 0 Å². The van der Waals surface area contributed by atoms with E-state index in [0.717, 1.165) is 24.4 Å². The van der Waals surface area contributed by atoms with Crippen LogP contribution in [0.5, 0.6) is 0 Å². The second-order valence-corrected chi connectivity index (χ2v) is 5.54. The Morgan fingerprint density at radius 1 is 1.10 bits per heavy atom. The molecule has 2 heterocycles. The lowest BCUT2D eigenvalue weighted by molar-refractivity contribution is 0.509. The summed E-state index contributed by atoms with van der Waals surface area (Å²) in [5.74, 6) is 1.64. The lowest BCUT2D eigenvalue weighted by Gasteiger charge is -2.25. The van der Waals surface area contributed by atoms with Crippen LogP contribution in [-0.2, 0) is 6.54 Å². The smallest absolute Gasteiger partial charge is 0.132 e. The maximum absolute atomic E-state index is 4.70. The minimum absolute atomic E-state index is 0.484. The number of fused-ring (bicyclic) bond motifs is 3. The van der Waals surface area contributed by atoms with E-state index in [0.29, 0.717) is 5.92 Å². The lowest BCUT2D eigenvalue weighted by atomic mass is 9.97. The highest BCUT2D eigenvalue weighted by Gasteiger charge is 2.22. The third-order valence-corrected chi connectivity index (χ3v) is 4.10. The Morgan fingerprint density at radius 3 is 2.75 bits per heavy atom. The summed E-state index contributed by atoms with van der Waals surface area (Å²) in [6.45, 7) is 4.04. The van der Waals surface area contributed by atoms with Gasteiger partial charge in [-0.3, -0.25) is 0 Å². The van der Waals surface area contributed by atoms with Crippen LogP contribution in [0, 0.1) is 6.92 Å². The fraction of sp³-hybridized carbons (Fsp3) is 0.235. The van der Waals surface area contributed by atoms with Gasteiger partial charge in [0.1, 0.15) is 5.82 Å². The molecule has 0 radical (unpaired) electrons. The van der Waals surface area contributed by atoms with E-state index in [1.54, 1.807) is 0 Å². The molecule has 1 N–H and O–H groups in total. The van der Waals surface area contributed by atoms with Crippen LogP contribution in [0.3, 0.4) is 0 Å². The van der Waals surface area contributed by atoms with Crippen molar-refractivity contribution in [1.29, 1.82) is 0 Å². The molecule has 0 saturated heterocycles. The first kappa shape index (κ1) is 11.5. The first-order valence-electron chi connectivity index (χ1n) is 7.07. The number of nitrogens with one attached hydrogen (secondary N) is 1. The highest BCUT2D eigenvalue weighted by Crippen LogP contribution is 2.30. The molecule has 1 aliphatic rings. The molecule has 0 fully saturated rings. The lowest BCUT2D eigenvalue weighted by Crippen LogP contribution is -2.26. The zero-order valence-electron chi connectivity index (χ0n) is 11.5. The average molecular weight is 263 g/mol. The Hall–Kier alpha value is -2.29. The maximum atomic E-state index is 4.70. The van der Waals surface area contributed by atoms with E-state index in [-0.39, 0.29) is 0 Å². The van der Waals surface area contributed by atoms with E-state index in [1.165, 1.54) is 16.5 Å². The number of rotatable bonds is 1. The molecule has 100 valence electrons. The van der Waals surface area contributed by atoms with Gasteiger partial charge in [-0.1, -0.05) is 42.0 Å². The zero-order chi connectivity index (χ0) is 13.5. The molecule has 0 amide bonds. The standard InChI is InChI=1S/C17H17N3/c1-12-6-8-13(9-7-12)14-10-18-17-15-4-2-3-5-16(15)19-20(17)11-14/h2-9,14,18H,10-11H2,1H3. The van der Waals surface area contributed by atoms with Gasteiger partial charge in [-0.25, -0.2) is 4.68 Å². The second-order valence-electron chi connectivity index (χ2n) is 5.54.